The molecule has 110 valence electrons. The summed E-state index contributed by atoms with van der Waals surface area (Å²) in [6, 6.07) is 3.29. The largest absolute Gasteiger partial charge is 0.508 e. The number of rotatable bonds is 3. The van der Waals surface area contributed by atoms with E-state index in [2.05, 4.69) is 10.2 Å². The molecule has 3 N–H and O–H groups in total. The Morgan fingerprint density at radius 3 is 2.75 bits per heavy atom. The molecular weight excluding hydrogens is 263 g/mol. The first-order valence-electron chi connectivity index (χ1n) is 6.57. The molecule has 1 aromatic rings. The van der Waals surface area contributed by atoms with Crippen molar-refractivity contribution in [3.05, 3.63) is 29.6 Å². The molecule has 1 aliphatic rings. The van der Waals surface area contributed by atoms with Crippen molar-refractivity contribution >= 4 is 5.91 Å². The van der Waals surface area contributed by atoms with Crippen molar-refractivity contribution in [1.82, 2.24) is 10.2 Å². The average Bonchev–Trinajstić information content (AvgIpc) is 2.43. The highest BCUT2D eigenvalue weighted by Gasteiger charge is 2.31. The Hall–Kier alpha value is -1.66. The van der Waals surface area contributed by atoms with Crippen LogP contribution in [0.1, 0.15) is 23.2 Å². The number of piperidine rings is 1. The molecular formula is C14H19FN2O3. The Kier molecular flexibility index (Phi) is 4.25. The molecule has 0 radical (unpaired) electrons. The molecule has 1 heterocycles. The second-order valence-electron chi connectivity index (χ2n) is 5.37. The van der Waals surface area contributed by atoms with Crippen molar-refractivity contribution in [2.24, 2.45) is 0 Å². The predicted molar refractivity (Wildman–Crippen MR) is 72.1 cm³/mol. The predicted octanol–water partition coefficient (Wildman–Crippen LogP) is 0.718. The topological polar surface area (TPSA) is 72.8 Å². The Morgan fingerprint density at radius 2 is 2.10 bits per heavy atom. The summed E-state index contributed by atoms with van der Waals surface area (Å²) < 4.78 is 13.5. The van der Waals surface area contributed by atoms with Crippen molar-refractivity contribution in [3.63, 3.8) is 0 Å². The van der Waals surface area contributed by atoms with E-state index in [9.17, 15) is 19.4 Å². The molecule has 1 amide bonds. The zero-order valence-electron chi connectivity index (χ0n) is 11.4. The first kappa shape index (κ1) is 14.7. The summed E-state index contributed by atoms with van der Waals surface area (Å²) >= 11 is 0. The van der Waals surface area contributed by atoms with Crippen molar-refractivity contribution in [1.29, 1.82) is 0 Å². The first-order chi connectivity index (χ1) is 9.39. The fourth-order valence-corrected chi connectivity index (χ4v) is 2.24. The van der Waals surface area contributed by atoms with Crippen LogP contribution in [0.4, 0.5) is 4.39 Å². The zero-order chi connectivity index (χ0) is 14.8. The van der Waals surface area contributed by atoms with Gasteiger partial charge in [-0.25, -0.2) is 4.39 Å². The average molecular weight is 282 g/mol. The van der Waals surface area contributed by atoms with Gasteiger partial charge in [0, 0.05) is 19.6 Å². The second kappa shape index (κ2) is 5.76. The summed E-state index contributed by atoms with van der Waals surface area (Å²) in [5.41, 5.74) is -1.17. The van der Waals surface area contributed by atoms with Crippen LogP contribution in [-0.4, -0.2) is 53.3 Å². The lowest BCUT2D eigenvalue weighted by molar-refractivity contribution is -0.0135. The van der Waals surface area contributed by atoms with Gasteiger partial charge in [0.1, 0.15) is 11.6 Å². The molecule has 0 aliphatic carbocycles. The van der Waals surface area contributed by atoms with Crippen LogP contribution in [-0.2, 0) is 0 Å². The van der Waals surface area contributed by atoms with E-state index in [-0.39, 0.29) is 17.9 Å². The number of hydrogen-bond acceptors (Lipinski definition) is 4. The lowest BCUT2D eigenvalue weighted by Crippen LogP contribution is -2.50. The summed E-state index contributed by atoms with van der Waals surface area (Å²) in [5.74, 6) is -1.50. The lowest BCUT2D eigenvalue weighted by Gasteiger charge is -2.36. The molecule has 2 rings (SSSR count). The number of carbonyl (C=O) groups is 1. The van der Waals surface area contributed by atoms with Crippen molar-refractivity contribution in [2.45, 2.75) is 18.4 Å². The van der Waals surface area contributed by atoms with Crippen molar-refractivity contribution < 1.29 is 19.4 Å². The maximum atomic E-state index is 13.5. The number of phenolic OH excluding ortho intramolecular Hbond substituents is 1. The molecule has 5 nitrogen and oxygen atoms in total. The summed E-state index contributed by atoms with van der Waals surface area (Å²) in [6.07, 6.45) is 1.12. The standard InChI is InChI=1S/C14H19FN2O3/c1-17-6-4-14(20,5-7-17)9-16-13(19)11-8-10(18)2-3-12(11)15/h2-3,8,18,20H,4-7,9H2,1H3,(H,16,19). The normalized spacial score (nSPS) is 18.8. The zero-order valence-corrected chi connectivity index (χ0v) is 11.4. The Labute approximate surface area is 117 Å². The van der Waals surface area contributed by atoms with E-state index in [0.29, 0.717) is 12.8 Å². The Morgan fingerprint density at radius 1 is 1.45 bits per heavy atom. The van der Waals surface area contributed by atoms with Gasteiger partial charge in [0.05, 0.1) is 11.2 Å². The number of halogens is 1. The molecule has 0 bridgehead atoms. The monoisotopic (exact) mass is 282 g/mol. The Balaban J connectivity index is 1.97. The minimum Gasteiger partial charge on any atom is -0.508 e. The minimum atomic E-state index is -0.949. The van der Waals surface area contributed by atoms with Gasteiger partial charge >= 0.3 is 0 Å². The Bertz CT molecular complexity index is 499. The number of aromatic hydroxyl groups is 1. The van der Waals surface area contributed by atoms with E-state index < -0.39 is 17.3 Å². The van der Waals surface area contributed by atoms with Crippen LogP contribution in [0.3, 0.4) is 0 Å². The van der Waals surface area contributed by atoms with E-state index in [1.54, 1.807) is 0 Å². The highest BCUT2D eigenvalue weighted by molar-refractivity contribution is 5.94. The second-order valence-corrected chi connectivity index (χ2v) is 5.37. The molecule has 0 unspecified atom stereocenters. The highest BCUT2D eigenvalue weighted by Crippen LogP contribution is 2.21. The maximum Gasteiger partial charge on any atom is 0.254 e. The van der Waals surface area contributed by atoms with Crippen LogP contribution in [0.15, 0.2) is 18.2 Å². The quantitative estimate of drug-likeness (QED) is 0.764. The molecule has 20 heavy (non-hydrogen) atoms. The van der Waals surface area contributed by atoms with E-state index in [1.165, 1.54) is 6.07 Å². The molecule has 0 aromatic heterocycles. The van der Waals surface area contributed by atoms with Crippen LogP contribution in [0.2, 0.25) is 0 Å². The maximum absolute atomic E-state index is 13.5. The fraction of sp³-hybridized carbons (Fsp3) is 0.500. The molecule has 1 saturated heterocycles. The number of likely N-dealkylation sites (tertiary alicyclic amines) is 1. The van der Waals surface area contributed by atoms with Gasteiger partial charge in [0.15, 0.2) is 0 Å². The third kappa shape index (κ3) is 3.46. The van der Waals surface area contributed by atoms with Crippen LogP contribution < -0.4 is 5.32 Å². The molecule has 0 saturated carbocycles. The molecule has 1 aliphatic heterocycles. The lowest BCUT2D eigenvalue weighted by atomic mass is 9.91. The van der Waals surface area contributed by atoms with Gasteiger partial charge in [-0.1, -0.05) is 0 Å². The summed E-state index contributed by atoms with van der Waals surface area (Å²) in [5, 5.41) is 22.1. The fourth-order valence-electron chi connectivity index (χ4n) is 2.24. The molecule has 1 aromatic carbocycles. The van der Waals surface area contributed by atoms with E-state index in [1.807, 2.05) is 7.05 Å². The summed E-state index contributed by atoms with van der Waals surface area (Å²) in [7, 11) is 1.97. The van der Waals surface area contributed by atoms with Gasteiger partial charge in [-0.3, -0.25) is 4.79 Å². The number of nitrogens with one attached hydrogen (secondary N) is 1. The van der Waals surface area contributed by atoms with Gasteiger partial charge in [-0.2, -0.15) is 0 Å². The number of aliphatic hydroxyl groups is 1. The van der Waals surface area contributed by atoms with Crippen LogP contribution in [0, 0.1) is 5.82 Å². The summed E-state index contributed by atoms with van der Waals surface area (Å²) in [6.45, 7) is 1.59. The van der Waals surface area contributed by atoms with Gasteiger partial charge in [0.2, 0.25) is 0 Å². The summed E-state index contributed by atoms with van der Waals surface area (Å²) in [4.78, 5) is 14.0. The minimum absolute atomic E-state index is 0.0781. The number of phenols is 1. The van der Waals surface area contributed by atoms with Gasteiger partial charge in [-0.05, 0) is 38.1 Å². The molecule has 0 atom stereocenters. The highest BCUT2D eigenvalue weighted by atomic mass is 19.1. The van der Waals surface area contributed by atoms with Gasteiger partial charge < -0.3 is 20.4 Å². The van der Waals surface area contributed by atoms with E-state index >= 15 is 0 Å². The third-order valence-electron chi connectivity index (χ3n) is 3.69. The van der Waals surface area contributed by atoms with Crippen molar-refractivity contribution in [2.75, 3.05) is 26.7 Å². The van der Waals surface area contributed by atoms with Crippen LogP contribution in [0.25, 0.3) is 0 Å². The van der Waals surface area contributed by atoms with E-state index in [4.69, 9.17) is 0 Å². The molecule has 6 heteroatoms. The third-order valence-corrected chi connectivity index (χ3v) is 3.69. The van der Waals surface area contributed by atoms with Crippen molar-refractivity contribution in [3.8, 4) is 5.75 Å². The number of hydrogen-bond donors (Lipinski definition) is 3. The first-order valence-corrected chi connectivity index (χ1v) is 6.57. The van der Waals surface area contributed by atoms with Gasteiger partial charge in [0.25, 0.3) is 5.91 Å². The number of nitrogens with zero attached hydrogens (tertiary/aromatic N) is 1. The smallest absolute Gasteiger partial charge is 0.254 e. The van der Waals surface area contributed by atoms with Crippen LogP contribution >= 0.6 is 0 Å². The SMILES string of the molecule is CN1CCC(O)(CNC(=O)c2cc(O)ccc2F)CC1. The molecule has 0 spiro atoms. The molecule has 1 fully saturated rings. The van der Waals surface area contributed by atoms with Gasteiger partial charge in [-0.15, -0.1) is 0 Å². The van der Waals surface area contributed by atoms with E-state index in [0.717, 1.165) is 25.2 Å². The number of carbonyl (C=O) groups excluding carboxylic acids is 1. The number of amides is 1. The van der Waals surface area contributed by atoms with Crippen LogP contribution in [0.5, 0.6) is 5.75 Å². The number of benzene rings is 1.